The Labute approximate surface area is 106 Å². The number of benzene rings is 1. The van der Waals surface area contributed by atoms with Gasteiger partial charge in [0.05, 0.1) is 6.42 Å². The first kappa shape index (κ1) is 14.0. The third kappa shape index (κ3) is 5.72. The number of thioether (sulfide) groups is 1. The molecule has 0 aliphatic carbocycles. The highest BCUT2D eigenvalue weighted by molar-refractivity contribution is 7.98. The maximum atomic E-state index is 11.1. The molecule has 0 bridgehead atoms. The minimum atomic E-state index is -0.177. The highest BCUT2D eigenvalue weighted by Gasteiger charge is 2.01. The number of hydrazine groups is 1. The van der Waals surface area contributed by atoms with E-state index in [0.717, 1.165) is 17.1 Å². The summed E-state index contributed by atoms with van der Waals surface area (Å²) in [6, 6.07) is 8.21. The average Bonchev–Trinajstić information content (AvgIpc) is 2.31. The summed E-state index contributed by atoms with van der Waals surface area (Å²) in [5.41, 5.74) is 10.0. The van der Waals surface area contributed by atoms with Crippen molar-refractivity contribution in [1.82, 2.24) is 5.43 Å². The lowest BCUT2D eigenvalue weighted by Crippen LogP contribution is -2.31. The first-order chi connectivity index (χ1) is 8.11. The second kappa shape index (κ2) is 7.32. The van der Waals surface area contributed by atoms with Crippen molar-refractivity contribution in [2.45, 2.75) is 25.1 Å². The third-order valence-corrected chi connectivity index (χ3v) is 3.50. The van der Waals surface area contributed by atoms with Gasteiger partial charge in [-0.3, -0.25) is 10.2 Å². The molecular formula is C12H19N3OS. The molecule has 1 aromatic rings. The van der Waals surface area contributed by atoms with E-state index in [-0.39, 0.29) is 11.9 Å². The second-order valence-corrected chi connectivity index (χ2v) is 5.08. The number of hydrogen-bond acceptors (Lipinski definition) is 4. The van der Waals surface area contributed by atoms with Gasteiger partial charge >= 0.3 is 0 Å². The largest absolute Gasteiger partial charge is 0.327 e. The van der Waals surface area contributed by atoms with E-state index >= 15 is 0 Å². The van der Waals surface area contributed by atoms with Crippen molar-refractivity contribution in [2.75, 3.05) is 5.75 Å². The van der Waals surface area contributed by atoms with Crippen molar-refractivity contribution in [2.24, 2.45) is 11.6 Å². The lowest BCUT2D eigenvalue weighted by molar-refractivity contribution is -0.120. The quantitative estimate of drug-likeness (QED) is 0.398. The van der Waals surface area contributed by atoms with Gasteiger partial charge in [-0.25, -0.2) is 5.84 Å². The number of hydrogen-bond donors (Lipinski definition) is 3. The lowest BCUT2D eigenvalue weighted by atomic mass is 10.1. The Morgan fingerprint density at radius 2 is 1.94 bits per heavy atom. The molecule has 0 aromatic heterocycles. The van der Waals surface area contributed by atoms with Crippen LogP contribution in [0.5, 0.6) is 0 Å². The molecule has 0 fully saturated rings. The van der Waals surface area contributed by atoms with Crippen molar-refractivity contribution >= 4 is 17.7 Å². The summed E-state index contributed by atoms with van der Waals surface area (Å²) in [7, 11) is 0. The summed E-state index contributed by atoms with van der Waals surface area (Å²) in [5, 5.41) is 0. The molecule has 1 amide bonds. The minimum absolute atomic E-state index is 0.177. The van der Waals surface area contributed by atoms with Crippen LogP contribution >= 0.6 is 11.8 Å². The van der Waals surface area contributed by atoms with E-state index in [2.05, 4.69) is 5.43 Å². The van der Waals surface area contributed by atoms with Gasteiger partial charge in [0.2, 0.25) is 5.91 Å². The van der Waals surface area contributed by atoms with E-state index in [0.29, 0.717) is 6.42 Å². The summed E-state index contributed by atoms with van der Waals surface area (Å²) < 4.78 is 0. The smallest absolute Gasteiger partial charge is 0.238 e. The molecule has 0 saturated heterocycles. The van der Waals surface area contributed by atoms with Crippen molar-refractivity contribution in [1.29, 1.82) is 0 Å². The number of carbonyl (C=O) groups excluding carboxylic acids is 1. The van der Waals surface area contributed by atoms with E-state index in [1.54, 1.807) is 0 Å². The Balaban J connectivity index is 2.42. The Morgan fingerprint density at radius 3 is 2.47 bits per heavy atom. The third-order valence-electron chi connectivity index (χ3n) is 2.20. The predicted molar refractivity (Wildman–Crippen MR) is 72.3 cm³/mol. The van der Waals surface area contributed by atoms with E-state index in [4.69, 9.17) is 11.6 Å². The fourth-order valence-corrected chi connectivity index (χ4v) is 2.27. The molecule has 1 atom stereocenters. The SMILES string of the molecule is CC(N)CSCc1ccc(CC(=O)NN)cc1. The fourth-order valence-electron chi connectivity index (χ4n) is 1.35. The van der Waals surface area contributed by atoms with Crippen LogP contribution in [-0.4, -0.2) is 17.7 Å². The zero-order valence-corrected chi connectivity index (χ0v) is 10.8. The van der Waals surface area contributed by atoms with E-state index in [9.17, 15) is 4.79 Å². The van der Waals surface area contributed by atoms with Crippen LogP contribution < -0.4 is 17.0 Å². The molecule has 5 N–H and O–H groups in total. The van der Waals surface area contributed by atoms with Gasteiger partial charge in [-0.05, 0) is 18.1 Å². The van der Waals surface area contributed by atoms with Crippen LogP contribution in [0.25, 0.3) is 0 Å². The number of rotatable bonds is 6. The van der Waals surface area contributed by atoms with Crippen LogP contribution in [0.1, 0.15) is 18.1 Å². The second-order valence-electron chi connectivity index (χ2n) is 4.05. The summed E-state index contributed by atoms with van der Waals surface area (Å²) in [6.45, 7) is 2.00. The molecule has 17 heavy (non-hydrogen) atoms. The predicted octanol–water partition coefficient (Wildman–Crippen LogP) is 0.799. The number of amides is 1. The zero-order valence-electron chi connectivity index (χ0n) is 9.98. The Hall–Kier alpha value is -1.04. The van der Waals surface area contributed by atoms with Crippen LogP contribution in [0, 0.1) is 0 Å². The maximum absolute atomic E-state index is 11.1. The summed E-state index contributed by atoms with van der Waals surface area (Å²) in [6.07, 6.45) is 0.323. The monoisotopic (exact) mass is 253 g/mol. The normalized spacial score (nSPS) is 12.2. The molecule has 0 heterocycles. The van der Waals surface area contributed by atoms with Gasteiger partial charge < -0.3 is 5.73 Å². The molecule has 0 spiro atoms. The lowest BCUT2D eigenvalue weighted by Gasteiger charge is -2.06. The Kier molecular flexibility index (Phi) is 6.04. The van der Waals surface area contributed by atoms with Crippen LogP contribution in [0.2, 0.25) is 0 Å². The van der Waals surface area contributed by atoms with Crippen LogP contribution in [0.15, 0.2) is 24.3 Å². The van der Waals surface area contributed by atoms with Crippen LogP contribution in [0.4, 0.5) is 0 Å². The summed E-state index contributed by atoms with van der Waals surface area (Å²) >= 11 is 1.81. The molecular weight excluding hydrogens is 234 g/mol. The Morgan fingerprint density at radius 1 is 1.35 bits per heavy atom. The first-order valence-electron chi connectivity index (χ1n) is 5.52. The van der Waals surface area contributed by atoms with Crippen molar-refractivity contribution in [3.63, 3.8) is 0 Å². The molecule has 1 unspecified atom stereocenters. The van der Waals surface area contributed by atoms with Crippen molar-refractivity contribution in [3.05, 3.63) is 35.4 Å². The highest BCUT2D eigenvalue weighted by atomic mass is 32.2. The summed E-state index contributed by atoms with van der Waals surface area (Å²) in [4.78, 5) is 11.1. The van der Waals surface area contributed by atoms with E-state index in [1.807, 2.05) is 43.0 Å². The topological polar surface area (TPSA) is 81.1 Å². The number of carbonyl (C=O) groups is 1. The highest BCUT2D eigenvalue weighted by Crippen LogP contribution is 2.13. The molecule has 94 valence electrons. The molecule has 5 heteroatoms. The van der Waals surface area contributed by atoms with Crippen molar-refractivity contribution in [3.8, 4) is 0 Å². The number of nitrogens with two attached hydrogens (primary N) is 2. The van der Waals surface area contributed by atoms with Crippen LogP contribution in [0.3, 0.4) is 0 Å². The van der Waals surface area contributed by atoms with Crippen molar-refractivity contribution < 1.29 is 4.79 Å². The molecule has 1 aromatic carbocycles. The zero-order chi connectivity index (χ0) is 12.7. The molecule has 0 radical (unpaired) electrons. The maximum Gasteiger partial charge on any atom is 0.238 e. The molecule has 0 saturated carbocycles. The molecule has 4 nitrogen and oxygen atoms in total. The molecule has 0 aliphatic rings. The van der Waals surface area contributed by atoms with Gasteiger partial charge in [-0.15, -0.1) is 0 Å². The van der Waals surface area contributed by atoms with Crippen LogP contribution in [-0.2, 0) is 17.0 Å². The van der Waals surface area contributed by atoms with Gasteiger partial charge in [0.1, 0.15) is 0 Å². The van der Waals surface area contributed by atoms with Gasteiger partial charge in [0, 0.05) is 17.5 Å². The first-order valence-corrected chi connectivity index (χ1v) is 6.68. The minimum Gasteiger partial charge on any atom is -0.327 e. The standard InChI is InChI=1S/C12H19N3OS/c1-9(13)7-17-8-11-4-2-10(3-5-11)6-12(16)15-14/h2-5,9H,6-8,13-14H2,1H3,(H,15,16). The van der Waals surface area contributed by atoms with E-state index < -0.39 is 0 Å². The van der Waals surface area contributed by atoms with Gasteiger partial charge in [-0.2, -0.15) is 11.8 Å². The summed E-state index contributed by atoms with van der Waals surface area (Å²) in [5.74, 6) is 6.76. The van der Waals surface area contributed by atoms with Gasteiger partial charge in [-0.1, -0.05) is 24.3 Å². The Bertz CT molecular complexity index is 351. The average molecular weight is 253 g/mol. The molecule has 0 aliphatic heterocycles. The molecule has 1 rings (SSSR count). The fraction of sp³-hybridized carbons (Fsp3) is 0.417. The van der Waals surface area contributed by atoms with Gasteiger partial charge in [0.25, 0.3) is 0 Å². The van der Waals surface area contributed by atoms with E-state index in [1.165, 1.54) is 5.56 Å². The van der Waals surface area contributed by atoms with Gasteiger partial charge in [0.15, 0.2) is 0 Å². The number of nitrogens with one attached hydrogen (secondary N) is 1.